The highest BCUT2D eigenvalue weighted by atomic mass is 15.3. The van der Waals surface area contributed by atoms with Crippen molar-refractivity contribution in [2.24, 2.45) is 0 Å². The molecule has 2 heterocycles. The lowest BCUT2D eigenvalue weighted by atomic mass is 10.2. The third-order valence-electron chi connectivity index (χ3n) is 2.72. The Kier molecular flexibility index (Phi) is 2.42. The zero-order chi connectivity index (χ0) is 10.8. The minimum Gasteiger partial charge on any atom is -0.310 e. The van der Waals surface area contributed by atoms with E-state index in [1.54, 1.807) is 6.20 Å². The summed E-state index contributed by atoms with van der Waals surface area (Å²) in [6.45, 7) is 0.896. The molecule has 3 rings (SSSR count). The van der Waals surface area contributed by atoms with Crippen LogP contribution in [-0.4, -0.2) is 20.8 Å². The third-order valence-corrected chi connectivity index (χ3v) is 2.72. The number of hydrogen-bond donors (Lipinski definition) is 1. The van der Waals surface area contributed by atoms with Crippen LogP contribution < -0.4 is 5.32 Å². The van der Waals surface area contributed by atoms with Crippen LogP contribution in [0.3, 0.4) is 0 Å². The van der Waals surface area contributed by atoms with Crippen molar-refractivity contribution in [1.82, 2.24) is 20.1 Å². The summed E-state index contributed by atoms with van der Waals surface area (Å²) in [6.07, 6.45) is 10.1. The summed E-state index contributed by atoms with van der Waals surface area (Å²) in [6, 6.07) is 4.76. The Labute approximate surface area is 94.3 Å². The van der Waals surface area contributed by atoms with E-state index in [4.69, 9.17) is 0 Å². The van der Waals surface area contributed by atoms with Crippen molar-refractivity contribution in [2.75, 3.05) is 0 Å². The number of aromatic nitrogens is 3. The van der Waals surface area contributed by atoms with Crippen LogP contribution in [0.1, 0.15) is 18.4 Å². The van der Waals surface area contributed by atoms with Crippen LogP contribution in [0, 0.1) is 0 Å². The maximum atomic E-state index is 4.24. The molecule has 1 fully saturated rings. The summed E-state index contributed by atoms with van der Waals surface area (Å²) in [4.78, 5) is 4.24. The molecular formula is C12H14N4. The number of nitrogens with one attached hydrogen (secondary N) is 1. The van der Waals surface area contributed by atoms with Crippen LogP contribution in [0.25, 0.3) is 5.69 Å². The molecule has 0 aliphatic heterocycles. The Morgan fingerprint density at radius 2 is 2.31 bits per heavy atom. The van der Waals surface area contributed by atoms with Gasteiger partial charge in [-0.1, -0.05) is 0 Å². The summed E-state index contributed by atoms with van der Waals surface area (Å²) >= 11 is 0. The van der Waals surface area contributed by atoms with Gasteiger partial charge in [0.2, 0.25) is 0 Å². The van der Waals surface area contributed by atoms with Gasteiger partial charge < -0.3 is 5.32 Å². The minimum absolute atomic E-state index is 0.730. The largest absolute Gasteiger partial charge is 0.310 e. The molecule has 82 valence electrons. The monoisotopic (exact) mass is 214 g/mol. The van der Waals surface area contributed by atoms with Crippen molar-refractivity contribution >= 4 is 0 Å². The molecule has 1 aliphatic rings. The van der Waals surface area contributed by atoms with Crippen molar-refractivity contribution in [2.45, 2.75) is 25.4 Å². The first kappa shape index (κ1) is 9.54. The summed E-state index contributed by atoms with van der Waals surface area (Å²) in [5.41, 5.74) is 2.22. The van der Waals surface area contributed by atoms with Gasteiger partial charge in [0.15, 0.2) is 0 Å². The SMILES string of the molecule is c1cnn(-c2cncc(CNC3CC3)c2)c1. The molecule has 0 saturated heterocycles. The predicted molar refractivity (Wildman–Crippen MR) is 61.2 cm³/mol. The number of hydrogen-bond acceptors (Lipinski definition) is 3. The van der Waals surface area contributed by atoms with Gasteiger partial charge in [-0.2, -0.15) is 5.10 Å². The summed E-state index contributed by atoms with van der Waals surface area (Å²) in [5, 5.41) is 7.67. The van der Waals surface area contributed by atoms with E-state index in [0.29, 0.717) is 0 Å². The Hall–Kier alpha value is -1.68. The van der Waals surface area contributed by atoms with E-state index >= 15 is 0 Å². The highest BCUT2D eigenvalue weighted by Gasteiger charge is 2.19. The van der Waals surface area contributed by atoms with E-state index in [0.717, 1.165) is 18.3 Å². The van der Waals surface area contributed by atoms with E-state index < -0.39 is 0 Å². The number of pyridine rings is 1. The lowest BCUT2D eigenvalue weighted by Gasteiger charge is -2.05. The molecule has 4 nitrogen and oxygen atoms in total. The molecular weight excluding hydrogens is 200 g/mol. The van der Waals surface area contributed by atoms with Gasteiger partial charge in [0.1, 0.15) is 0 Å². The molecule has 2 aromatic heterocycles. The van der Waals surface area contributed by atoms with E-state index in [2.05, 4.69) is 21.5 Å². The fourth-order valence-corrected chi connectivity index (χ4v) is 1.67. The van der Waals surface area contributed by atoms with Crippen molar-refractivity contribution in [3.63, 3.8) is 0 Å². The Balaban J connectivity index is 1.76. The topological polar surface area (TPSA) is 42.7 Å². The van der Waals surface area contributed by atoms with E-state index in [1.807, 2.05) is 29.3 Å². The van der Waals surface area contributed by atoms with Gasteiger partial charge in [0, 0.05) is 31.2 Å². The molecule has 0 radical (unpaired) electrons. The van der Waals surface area contributed by atoms with E-state index in [-0.39, 0.29) is 0 Å². The lowest BCUT2D eigenvalue weighted by molar-refractivity contribution is 0.684. The highest BCUT2D eigenvalue weighted by Crippen LogP contribution is 2.19. The second-order valence-electron chi connectivity index (χ2n) is 4.16. The summed E-state index contributed by atoms with van der Waals surface area (Å²) < 4.78 is 1.83. The third kappa shape index (κ3) is 2.12. The fraction of sp³-hybridized carbons (Fsp3) is 0.333. The van der Waals surface area contributed by atoms with Crippen LogP contribution >= 0.6 is 0 Å². The molecule has 1 saturated carbocycles. The molecule has 16 heavy (non-hydrogen) atoms. The highest BCUT2D eigenvalue weighted by molar-refractivity contribution is 5.31. The van der Waals surface area contributed by atoms with E-state index in [1.165, 1.54) is 18.4 Å². The van der Waals surface area contributed by atoms with Gasteiger partial charge in [-0.25, -0.2) is 4.68 Å². The molecule has 0 amide bonds. The van der Waals surface area contributed by atoms with Gasteiger partial charge >= 0.3 is 0 Å². The molecule has 0 atom stereocenters. The standard InChI is InChI=1S/C12H14N4/c1-4-15-16(5-1)12-6-10(7-13-9-12)8-14-11-2-3-11/h1,4-7,9,11,14H,2-3,8H2. The van der Waals surface area contributed by atoms with Crippen molar-refractivity contribution < 1.29 is 0 Å². The first-order valence-corrected chi connectivity index (χ1v) is 5.59. The first-order chi connectivity index (χ1) is 7.92. The first-order valence-electron chi connectivity index (χ1n) is 5.59. The Bertz CT molecular complexity index is 460. The van der Waals surface area contributed by atoms with Crippen LogP contribution in [0.4, 0.5) is 0 Å². The Morgan fingerprint density at radius 1 is 1.38 bits per heavy atom. The molecule has 0 unspecified atom stereocenters. The van der Waals surface area contributed by atoms with Crippen LogP contribution in [0.15, 0.2) is 36.9 Å². The van der Waals surface area contributed by atoms with Crippen LogP contribution in [-0.2, 0) is 6.54 Å². The number of rotatable bonds is 4. The molecule has 0 spiro atoms. The number of nitrogens with zero attached hydrogens (tertiary/aromatic N) is 3. The zero-order valence-corrected chi connectivity index (χ0v) is 9.00. The second kappa shape index (κ2) is 4.06. The Morgan fingerprint density at radius 3 is 3.06 bits per heavy atom. The molecule has 0 bridgehead atoms. The average molecular weight is 214 g/mol. The maximum Gasteiger partial charge on any atom is 0.0831 e. The fourth-order valence-electron chi connectivity index (χ4n) is 1.67. The molecule has 2 aromatic rings. The van der Waals surface area contributed by atoms with Gasteiger partial charge in [-0.05, 0) is 30.5 Å². The molecule has 0 aromatic carbocycles. The summed E-state index contributed by atoms with van der Waals surface area (Å²) in [7, 11) is 0. The quantitative estimate of drug-likeness (QED) is 0.839. The van der Waals surface area contributed by atoms with Gasteiger partial charge in [0.05, 0.1) is 11.9 Å². The normalized spacial score (nSPS) is 15.2. The van der Waals surface area contributed by atoms with Crippen molar-refractivity contribution in [3.05, 3.63) is 42.5 Å². The summed E-state index contributed by atoms with van der Waals surface area (Å²) in [5.74, 6) is 0. The smallest absolute Gasteiger partial charge is 0.0831 e. The molecule has 4 heteroatoms. The second-order valence-corrected chi connectivity index (χ2v) is 4.16. The van der Waals surface area contributed by atoms with Crippen LogP contribution in [0.5, 0.6) is 0 Å². The average Bonchev–Trinajstić information content (AvgIpc) is 2.99. The molecule has 1 aliphatic carbocycles. The van der Waals surface area contributed by atoms with Crippen molar-refractivity contribution in [1.29, 1.82) is 0 Å². The predicted octanol–water partition coefficient (Wildman–Crippen LogP) is 1.52. The lowest BCUT2D eigenvalue weighted by Crippen LogP contribution is -2.15. The zero-order valence-electron chi connectivity index (χ0n) is 9.00. The maximum absolute atomic E-state index is 4.24. The van der Waals surface area contributed by atoms with Gasteiger partial charge in [-0.15, -0.1) is 0 Å². The van der Waals surface area contributed by atoms with Crippen LogP contribution in [0.2, 0.25) is 0 Å². The van der Waals surface area contributed by atoms with Crippen molar-refractivity contribution in [3.8, 4) is 5.69 Å². The van der Waals surface area contributed by atoms with E-state index in [9.17, 15) is 0 Å². The molecule has 1 N–H and O–H groups in total. The van der Waals surface area contributed by atoms with Gasteiger partial charge in [-0.3, -0.25) is 4.98 Å². The minimum atomic E-state index is 0.730. The van der Waals surface area contributed by atoms with Gasteiger partial charge in [0.25, 0.3) is 0 Å².